The number of amides is 1. The Balaban J connectivity index is 1.91. The number of carbonyl (C=O) groups excluding carboxylic acids is 1. The van der Waals surface area contributed by atoms with Crippen LogP contribution in [0.25, 0.3) is 0 Å². The van der Waals surface area contributed by atoms with Crippen LogP contribution >= 0.6 is 11.6 Å². The van der Waals surface area contributed by atoms with Gasteiger partial charge in [0.05, 0.1) is 0 Å². The van der Waals surface area contributed by atoms with Crippen molar-refractivity contribution in [1.29, 1.82) is 0 Å². The van der Waals surface area contributed by atoms with Crippen LogP contribution in [0.5, 0.6) is 0 Å². The number of carbonyl (C=O) groups is 1. The van der Waals surface area contributed by atoms with Gasteiger partial charge in [0.15, 0.2) is 0 Å². The van der Waals surface area contributed by atoms with E-state index >= 15 is 0 Å². The Morgan fingerprint density at radius 2 is 2.22 bits per heavy atom. The zero-order valence-electron chi connectivity index (χ0n) is 10.6. The third-order valence-corrected chi connectivity index (χ3v) is 3.75. The van der Waals surface area contributed by atoms with Gasteiger partial charge in [0.2, 0.25) is 5.91 Å². The zero-order chi connectivity index (χ0) is 13.0. The molecule has 1 aliphatic carbocycles. The highest BCUT2D eigenvalue weighted by Gasteiger charge is 2.44. The fourth-order valence-corrected chi connectivity index (χ4v) is 2.32. The molecule has 2 rings (SSSR count). The van der Waals surface area contributed by atoms with E-state index in [9.17, 15) is 4.79 Å². The minimum absolute atomic E-state index is 0.109. The summed E-state index contributed by atoms with van der Waals surface area (Å²) in [6, 6.07) is 7.96. The van der Waals surface area contributed by atoms with Crippen molar-refractivity contribution in [3.8, 4) is 0 Å². The maximum absolute atomic E-state index is 11.6. The molecule has 1 amide bonds. The second-order valence-corrected chi connectivity index (χ2v) is 5.36. The summed E-state index contributed by atoms with van der Waals surface area (Å²) in [5, 5.41) is 6.75. The summed E-state index contributed by atoms with van der Waals surface area (Å²) in [4.78, 5) is 11.6. The quantitative estimate of drug-likeness (QED) is 0.828. The van der Waals surface area contributed by atoms with Gasteiger partial charge >= 0.3 is 0 Å². The minimum Gasteiger partial charge on any atom is -0.355 e. The first-order chi connectivity index (χ1) is 8.66. The predicted molar refractivity (Wildman–Crippen MR) is 73.9 cm³/mol. The molecule has 0 unspecified atom stereocenters. The van der Waals surface area contributed by atoms with Crippen LogP contribution in [0.15, 0.2) is 24.3 Å². The smallest absolute Gasteiger partial charge is 0.221 e. The van der Waals surface area contributed by atoms with Gasteiger partial charge in [-0.15, -0.1) is 0 Å². The lowest BCUT2D eigenvalue weighted by Gasteiger charge is -2.17. The van der Waals surface area contributed by atoms with Crippen LogP contribution in [0.3, 0.4) is 0 Å². The minimum atomic E-state index is 0.109. The average molecular weight is 267 g/mol. The molecule has 1 aromatic carbocycles. The molecule has 0 aliphatic heterocycles. The summed E-state index contributed by atoms with van der Waals surface area (Å²) in [6.07, 6.45) is 2.78. The monoisotopic (exact) mass is 266 g/mol. The van der Waals surface area contributed by atoms with Crippen LogP contribution in [-0.2, 0) is 10.2 Å². The van der Waals surface area contributed by atoms with Crippen molar-refractivity contribution >= 4 is 17.5 Å². The first-order valence-corrected chi connectivity index (χ1v) is 6.71. The van der Waals surface area contributed by atoms with Gasteiger partial charge in [-0.25, -0.2) is 0 Å². The Kier molecular flexibility index (Phi) is 4.25. The Bertz CT molecular complexity index is 430. The number of rotatable bonds is 6. The van der Waals surface area contributed by atoms with Gasteiger partial charge in [-0.05, 0) is 37.6 Å². The zero-order valence-corrected chi connectivity index (χ0v) is 11.4. The maximum atomic E-state index is 11.6. The molecule has 18 heavy (non-hydrogen) atoms. The lowest BCUT2D eigenvalue weighted by molar-refractivity contribution is -0.121. The molecule has 0 radical (unpaired) electrons. The molecule has 0 bridgehead atoms. The molecule has 1 aliphatic rings. The van der Waals surface area contributed by atoms with Crippen molar-refractivity contribution in [1.82, 2.24) is 10.6 Å². The Morgan fingerprint density at radius 3 is 2.83 bits per heavy atom. The molecule has 0 aromatic heterocycles. The van der Waals surface area contributed by atoms with E-state index in [2.05, 4.69) is 16.7 Å². The summed E-state index contributed by atoms with van der Waals surface area (Å²) in [7, 11) is 1.85. The van der Waals surface area contributed by atoms with Gasteiger partial charge in [-0.3, -0.25) is 4.79 Å². The van der Waals surface area contributed by atoms with Gasteiger partial charge in [0.25, 0.3) is 0 Å². The normalized spacial score (nSPS) is 16.3. The van der Waals surface area contributed by atoms with E-state index in [1.807, 2.05) is 25.2 Å². The molecule has 3 nitrogen and oxygen atoms in total. The highest BCUT2D eigenvalue weighted by molar-refractivity contribution is 6.30. The van der Waals surface area contributed by atoms with E-state index in [1.165, 1.54) is 5.56 Å². The summed E-state index contributed by atoms with van der Waals surface area (Å²) in [5.41, 5.74) is 1.36. The number of nitrogens with one attached hydrogen (secondary N) is 2. The molecular weight excluding hydrogens is 248 g/mol. The highest BCUT2D eigenvalue weighted by atomic mass is 35.5. The molecule has 1 fully saturated rings. The summed E-state index contributed by atoms with van der Waals surface area (Å²) in [6.45, 7) is 1.44. The van der Waals surface area contributed by atoms with Crippen LogP contribution in [0.4, 0.5) is 0 Å². The molecule has 2 N–H and O–H groups in total. The van der Waals surface area contributed by atoms with E-state index in [0.29, 0.717) is 6.42 Å². The number of benzene rings is 1. The van der Waals surface area contributed by atoms with Crippen LogP contribution < -0.4 is 10.6 Å². The van der Waals surface area contributed by atoms with E-state index in [4.69, 9.17) is 11.6 Å². The SMILES string of the molecule is CNCCC(=O)NCC1(c2cccc(Cl)c2)CC1. The van der Waals surface area contributed by atoms with Crippen molar-refractivity contribution in [2.24, 2.45) is 0 Å². The molecule has 1 aromatic rings. The van der Waals surface area contributed by atoms with E-state index in [0.717, 1.165) is 31.0 Å². The Morgan fingerprint density at radius 1 is 1.44 bits per heavy atom. The highest BCUT2D eigenvalue weighted by Crippen LogP contribution is 2.48. The van der Waals surface area contributed by atoms with E-state index < -0.39 is 0 Å². The molecule has 98 valence electrons. The van der Waals surface area contributed by atoms with Crippen molar-refractivity contribution in [3.63, 3.8) is 0 Å². The Labute approximate surface area is 113 Å². The fraction of sp³-hybridized carbons (Fsp3) is 0.500. The topological polar surface area (TPSA) is 41.1 Å². The van der Waals surface area contributed by atoms with Gasteiger partial charge in [-0.2, -0.15) is 0 Å². The summed E-state index contributed by atoms with van der Waals surface area (Å²) < 4.78 is 0. The second-order valence-electron chi connectivity index (χ2n) is 4.92. The summed E-state index contributed by atoms with van der Waals surface area (Å²) >= 11 is 6.01. The largest absolute Gasteiger partial charge is 0.355 e. The average Bonchev–Trinajstić information content (AvgIpc) is 3.15. The number of hydrogen-bond acceptors (Lipinski definition) is 2. The third kappa shape index (κ3) is 3.24. The van der Waals surface area contributed by atoms with Crippen molar-refractivity contribution in [2.75, 3.05) is 20.1 Å². The molecule has 0 spiro atoms. The molecular formula is C14H19ClN2O. The lowest BCUT2D eigenvalue weighted by Crippen LogP contribution is -2.33. The summed E-state index contributed by atoms with van der Waals surface area (Å²) in [5.74, 6) is 0.109. The molecule has 0 saturated heterocycles. The number of halogens is 1. The van der Waals surface area contributed by atoms with Gasteiger partial charge in [0, 0.05) is 29.9 Å². The van der Waals surface area contributed by atoms with Crippen molar-refractivity contribution in [2.45, 2.75) is 24.7 Å². The van der Waals surface area contributed by atoms with E-state index in [1.54, 1.807) is 0 Å². The fourth-order valence-electron chi connectivity index (χ4n) is 2.13. The first-order valence-electron chi connectivity index (χ1n) is 6.34. The second kappa shape index (κ2) is 5.72. The molecule has 0 heterocycles. The first kappa shape index (κ1) is 13.4. The predicted octanol–water partition coefficient (Wildman–Crippen LogP) is 2.10. The van der Waals surface area contributed by atoms with Crippen LogP contribution in [0, 0.1) is 0 Å². The van der Waals surface area contributed by atoms with Crippen LogP contribution in [-0.4, -0.2) is 26.0 Å². The van der Waals surface area contributed by atoms with Crippen LogP contribution in [0.1, 0.15) is 24.8 Å². The standard InChI is InChI=1S/C14H19ClN2O/c1-16-8-5-13(18)17-10-14(6-7-14)11-3-2-4-12(15)9-11/h2-4,9,16H,5-8,10H2,1H3,(H,17,18). The van der Waals surface area contributed by atoms with Crippen molar-refractivity contribution in [3.05, 3.63) is 34.9 Å². The van der Waals surface area contributed by atoms with Crippen molar-refractivity contribution < 1.29 is 4.79 Å². The third-order valence-electron chi connectivity index (χ3n) is 3.52. The van der Waals surface area contributed by atoms with Gasteiger partial charge in [-0.1, -0.05) is 23.7 Å². The van der Waals surface area contributed by atoms with Gasteiger partial charge in [0.1, 0.15) is 0 Å². The van der Waals surface area contributed by atoms with E-state index in [-0.39, 0.29) is 11.3 Å². The van der Waals surface area contributed by atoms with Crippen LogP contribution in [0.2, 0.25) is 5.02 Å². The lowest BCUT2D eigenvalue weighted by atomic mass is 9.96. The number of hydrogen-bond donors (Lipinski definition) is 2. The molecule has 0 atom stereocenters. The molecule has 4 heteroatoms. The molecule has 1 saturated carbocycles. The Hall–Kier alpha value is -1.06. The van der Waals surface area contributed by atoms with Gasteiger partial charge < -0.3 is 10.6 Å². The maximum Gasteiger partial charge on any atom is 0.221 e.